The van der Waals surface area contributed by atoms with Crippen LogP contribution in [0.1, 0.15) is 36.2 Å². The number of amides is 1. The third kappa shape index (κ3) is 4.19. The Morgan fingerprint density at radius 1 is 1.47 bits per heavy atom. The molecule has 1 rings (SSSR count). The summed E-state index contributed by atoms with van der Waals surface area (Å²) in [5.41, 5.74) is 0.844. The van der Waals surface area contributed by atoms with E-state index in [1.807, 2.05) is 0 Å². The standard InChI is InChI=1S/C12H18ClNO3S2/c1-8(2)5-6-14(4)11(15)10-7-18-12(9(10)3)19(13,16)17/h7-8H,5-6H2,1-4H3. The summed E-state index contributed by atoms with van der Waals surface area (Å²) >= 11 is 0.986. The minimum atomic E-state index is -3.78. The highest BCUT2D eigenvalue weighted by Gasteiger charge is 2.23. The maximum absolute atomic E-state index is 12.2. The molecule has 0 unspecified atom stereocenters. The van der Waals surface area contributed by atoms with Crippen molar-refractivity contribution in [3.8, 4) is 0 Å². The number of carbonyl (C=O) groups excluding carboxylic acids is 1. The lowest BCUT2D eigenvalue weighted by atomic mass is 10.1. The molecule has 0 aromatic carbocycles. The molecule has 0 spiro atoms. The fourth-order valence-electron chi connectivity index (χ4n) is 1.61. The van der Waals surface area contributed by atoms with Crippen LogP contribution >= 0.6 is 22.0 Å². The first-order valence-corrected chi connectivity index (χ1v) is 9.11. The van der Waals surface area contributed by atoms with Crippen LogP contribution in [-0.4, -0.2) is 32.8 Å². The number of carbonyl (C=O) groups is 1. The van der Waals surface area contributed by atoms with Crippen LogP contribution in [0.3, 0.4) is 0 Å². The molecule has 1 aromatic rings. The maximum atomic E-state index is 12.2. The molecule has 0 aliphatic carbocycles. The molecule has 0 aliphatic rings. The van der Waals surface area contributed by atoms with Gasteiger partial charge in [0.1, 0.15) is 4.21 Å². The highest BCUT2D eigenvalue weighted by Crippen LogP contribution is 2.29. The molecule has 1 aromatic heterocycles. The molecule has 1 heterocycles. The molecule has 0 atom stereocenters. The van der Waals surface area contributed by atoms with Gasteiger partial charge in [-0.25, -0.2) is 8.42 Å². The van der Waals surface area contributed by atoms with E-state index in [4.69, 9.17) is 10.7 Å². The summed E-state index contributed by atoms with van der Waals surface area (Å²) in [5, 5.41) is 1.55. The first-order chi connectivity index (χ1) is 8.64. The Balaban J connectivity index is 2.93. The summed E-state index contributed by atoms with van der Waals surface area (Å²) in [6.07, 6.45) is 0.909. The largest absolute Gasteiger partial charge is 0.342 e. The lowest BCUT2D eigenvalue weighted by Gasteiger charge is -2.18. The van der Waals surface area contributed by atoms with Crippen molar-refractivity contribution < 1.29 is 13.2 Å². The van der Waals surface area contributed by atoms with Gasteiger partial charge in [0.05, 0.1) is 5.56 Å². The van der Waals surface area contributed by atoms with Crippen LogP contribution in [0.2, 0.25) is 0 Å². The number of hydrogen-bond donors (Lipinski definition) is 0. The van der Waals surface area contributed by atoms with Crippen molar-refractivity contribution in [3.05, 3.63) is 16.5 Å². The summed E-state index contributed by atoms with van der Waals surface area (Å²) in [5.74, 6) is 0.346. The van der Waals surface area contributed by atoms with Gasteiger partial charge in [-0.15, -0.1) is 11.3 Å². The third-order valence-electron chi connectivity index (χ3n) is 2.83. The van der Waals surface area contributed by atoms with Gasteiger partial charge in [0.15, 0.2) is 0 Å². The normalized spacial score (nSPS) is 11.9. The van der Waals surface area contributed by atoms with Crippen molar-refractivity contribution >= 4 is 37.0 Å². The molecule has 19 heavy (non-hydrogen) atoms. The number of hydrogen-bond acceptors (Lipinski definition) is 4. The van der Waals surface area contributed by atoms with E-state index in [-0.39, 0.29) is 10.1 Å². The van der Waals surface area contributed by atoms with Crippen molar-refractivity contribution in [2.75, 3.05) is 13.6 Å². The predicted octanol–water partition coefficient (Wildman–Crippen LogP) is 3.10. The van der Waals surface area contributed by atoms with Gasteiger partial charge < -0.3 is 4.90 Å². The predicted molar refractivity (Wildman–Crippen MR) is 78.5 cm³/mol. The molecule has 0 bridgehead atoms. The van der Waals surface area contributed by atoms with Gasteiger partial charge in [-0.05, 0) is 24.8 Å². The smallest absolute Gasteiger partial charge is 0.271 e. The fraction of sp³-hybridized carbons (Fsp3) is 0.583. The van der Waals surface area contributed by atoms with E-state index >= 15 is 0 Å². The fourth-order valence-corrected chi connectivity index (χ4v) is 4.15. The summed E-state index contributed by atoms with van der Waals surface area (Å²) < 4.78 is 22.7. The lowest BCUT2D eigenvalue weighted by Crippen LogP contribution is -2.28. The van der Waals surface area contributed by atoms with Gasteiger partial charge in [0.2, 0.25) is 0 Å². The van der Waals surface area contributed by atoms with Gasteiger partial charge in [0, 0.05) is 29.7 Å². The second-order valence-electron chi connectivity index (χ2n) is 4.91. The van der Waals surface area contributed by atoms with Crippen molar-refractivity contribution in [2.45, 2.75) is 31.4 Å². The monoisotopic (exact) mass is 323 g/mol. The minimum Gasteiger partial charge on any atom is -0.342 e. The van der Waals surface area contributed by atoms with Crippen LogP contribution in [0.15, 0.2) is 9.59 Å². The van der Waals surface area contributed by atoms with Gasteiger partial charge in [-0.3, -0.25) is 4.79 Å². The van der Waals surface area contributed by atoms with E-state index in [1.165, 1.54) is 0 Å². The summed E-state index contributed by atoms with van der Waals surface area (Å²) in [4.78, 5) is 13.8. The first kappa shape index (κ1) is 16.5. The zero-order valence-electron chi connectivity index (χ0n) is 11.4. The van der Waals surface area contributed by atoms with Crippen LogP contribution in [0, 0.1) is 12.8 Å². The number of nitrogens with zero attached hydrogens (tertiary/aromatic N) is 1. The Bertz CT molecular complexity index is 564. The van der Waals surface area contributed by atoms with Crippen LogP contribution < -0.4 is 0 Å². The zero-order chi connectivity index (χ0) is 14.8. The van der Waals surface area contributed by atoms with Gasteiger partial charge in [0.25, 0.3) is 15.0 Å². The van der Waals surface area contributed by atoms with Crippen LogP contribution in [0.25, 0.3) is 0 Å². The third-order valence-corrected chi connectivity index (χ3v) is 6.14. The SMILES string of the molecule is Cc1c(C(=O)N(C)CCC(C)C)csc1S(=O)(=O)Cl. The first-order valence-electron chi connectivity index (χ1n) is 5.92. The summed E-state index contributed by atoms with van der Waals surface area (Å²) in [6, 6.07) is 0. The quantitative estimate of drug-likeness (QED) is 0.782. The van der Waals surface area contributed by atoms with Gasteiger partial charge in [-0.1, -0.05) is 13.8 Å². The Labute approximate surface area is 122 Å². The second kappa shape index (κ2) is 6.24. The van der Waals surface area contributed by atoms with Crippen LogP contribution in [0.4, 0.5) is 0 Å². The molecule has 4 nitrogen and oxygen atoms in total. The Morgan fingerprint density at radius 2 is 2.05 bits per heavy atom. The van der Waals surface area contributed by atoms with Crippen molar-refractivity contribution in [3.63, 3.8) is 0 Å². The lowest BCUT2D eigenvalue weighted by molar-refractivity contribution is 0.0789. The van der Waals surface area contributed by atoms with Crippen LogP contribution in [0.5, 0.6) is 0 Å². The van der Waals surface area contributed by atoms with Crippen molar-refractivity contribution in [1.29, 1.82) is 0 Å². The van der Waals surface area contributed by atoms with E-state index in [1.54, 1.807) is 24.3 Å². The second-order valence-corrected chi connectivity index (χ2v) is 8.55. The van der Waals surface area contributed by atoms with E-state index in [0.29, 0.717) is 23.6 Å². The highest BCUT2D eigenvalue weighted by molar-refractivity contribution is 8.15. The Morgan fingerprint density at radius 3 is 2.47 bits per heavy atom. The molecule has 7 heteroatoms. The summed E-state index contributed by atoms with van der Waals surface area (Å²) in [7, 11) is 3.26. The average Bonchev–Trinajstić information content (AvgIpc) is 2.66. The topological polar surface area (TPSA) is 54.5 Å². The molecule has 1 amide bonds. The van der Waals surface area contributed by atoms with Crippen molar-refractivity contribution in [1.82, 2.24) is 4.90 Å². The van der Waals surface area contributed by atoms with Crippen LogP contribution in [-0.2, 0) is 9.05 Å². The highest BCUT2D eigenvalue weighted by atomic mass is 35.7. The zero-order valence-corrected chi connectivity index (χ0v) is 13.8. The van der Waals surface area contributed by atoms with Gasteiger partial charge in [-0.2, -0.15) is 0 Å². The molecule has 0 N–H and O–H groups in total. The van der Waals surface area contributed by atoms with Crippen molar-refractivity contribution in [2.24, 2.45) is 5.92 Å². The molecule has 0 saturated heterocycles. The minimum absolute atomic E-state index is 0.0507. The van der Waals surface area contributed by atoms with E-state index < -0.39 is 9.05 Å². The van der Waals surface area contributed by atoms with E-state index in [0.717, 1.165) is 17.8 Å². The maximum Gasteiger partial charge on any atom is 0.271 e. The molecular formula is C12H18ClNO3S2. The van der Waals surface area contributed by atoms with E-state index in [9.17, 15) is 13.2 Å². The average molecular weight is 324 g/mol. The van der Waals surface area contributed by atoms with Gasteiger partial charge >= 0.3 is 0 Å². The summed E-state index contributed by atoms with van der Waals surface area (Å²) in [6.45, 7) is 6.43. The molecule has 0 aliphatic heterocycles. The number of rotatable bonds is 5. The number of halogens is 1. The Kier molecular flexibility index (Phi) is 5.41. The molecule has 0 saturated carbocycles. The molecule has 108 valence electrons. The molecular weight excluding hydrogens is 306 g/mol. The molecule has 0 fully saturated rings. The number of thiophene rings is 1. The van der Waals surface area contributed by atoms with E-state index in [2.05, 4.69) is 13.8 Å². The molecule has 0 radical (unpaired) electrons. The Hall–Kier alpha value is -0.590.